The second-order valence-electron chi connectivity index (χ2n) is 7.99. The van der Waals surface area contributed by atoms with E-state index in [1.807, 2.05) is 17.0 Å². The van der Waals surface area contributed by atoms with Crippen LogP contribution in [0.5, 0.6) is 11.5 Å². The molecule has 0 atom stereocenters. The first-order valence-electron chi connectivity index (χ1n) is 10.9. The molecule has 0 spiro atoms. The van der Waals surface area contributed by atoms with Crippen LogP contribution in [0, 0.1) is 0 Å². The van der Waals surface area contributed by atoms with Crippen molar-refractivity contribution in [3.63, 3.8) is 0 Å². The molecule has 2 aromatic rings. The Morgan fingerprint density at radius 1 is 0.968 bits per heavy atom. The van der Waals surface area contributed by atoms with Gasteiger partial charge in [-0.1, -0.05) is 19.4 Å². The molecule has 2 aromatic carbocycles. The van der Waals surface area contributed by atoms with Crippen molar-refractivity contribution in [2.45, 2.75) is 32.7 Å². The molecule has 1 fully saturated rings. The standard InChI is InChI=1S/C24H29N3O4/c1-2-3-4-23(28)25-20-8-6-19(7-9-20)24(29)27-13-11-26(12-14-27)16-18-5-10-21-22(15-18)31-17-30-21/h5-10,15H,2-4,11-14,16-17H2,1H3,(H,25,28). The van der Waals surface area contributed by atoms with E-state index in [4.69, 9.17) is 9.47 Å². The molecule has 0 aliphatic carbocycles. The highest BCUT2D eigenvalue weighted by Crippen LogP contribution is 2.32. The molecular weight excluding hydrogens is 394 g/mol. The highest BCUT2D eigenvalue weighted by Gasteiger charge is 2.23. The van der Waals surface area contributed by atoms with Gasteiger partial charge in [-0.3, -0.25) is 14.5 Å². The van der Waals surface area contributed by atoms with E-state index in [9.17, 15) is 9.59 Å². The summed E-state index contributed by atoms with van der Waals surface area (Å²) in [6.45, 7) is 6.21. The van der Waals surface area contributed by atoms with Crippen molar-refractivity contribution < 1.29 is 19.1 Å². The van der Waals surface area contributed by atoms with Crippen LogP contribution in [0.3, 0.4) is 0 Å². The smallest absolute Gasteiger partial charge is 0.253 e. The summed E-state index contributed by atoms with van der Waals surface area (Å²) in [6, 6.07) is 13.2. The molecule has 2 aliphatic rings. The maximum atomic E-state index is 12.9. The van der Waals surface area contributed by atoms with Gasteiger partial charge in [-0.2, -0.15) is 0 Å². The zero-order valence-corrected chi connectivity index (χ0v) is 17.9. The SMILES string of the molecule is CCCCC(=O)Nc1ccc(C(=O)N2CCN(Cc3ccc4c(c3)OCO4)CC2)cc1. The van der Waals surface area contributed by atoms with E-state index < -0.39 is 0 Å². The van der Waals surface area contributed by atoms with Crippen molar-refractivity contribution in [2.75, 3.05) is 38.3 Å². The minimum absolute atomic E-state index is 0.0134. The zero-order valence-electron chi connectivity index (χ0n) is 17.9. The van der Waals surface area contributed by atoms with Crippen LogP contribution in [0.4, 0.5) is 5.69 Å². The van der Waals surface area contributed by atoms with E-state index in [1.54, 1.807) is 24.3 Å². The third-order valence-electron chi connectivity index (χ3n) is 5.68. The number of benzene rings is 2. The Balaban J connectivity index is 1.26. The first-order valence-corrected chi connectivity index (χ1v) is 10.9. The van der Waals surface area contributed by atoms with E-state index in [1.165, 1.54) is 5.56 Å². The lowest BCUT2D eigenvalue weighted by atomic mass is 10.1. The van der Waals surface area contributed by atoms with Crippen molar-refractivity contribution >= 4 is 17.5 Å². The summed E-state index contributed by atoms with van der Waals surface area (Å²) in [5.74, 6) is 1.65. The fourth-order valence-corrected chi connectivity index (χ4v) is 3.85. The summed E-state index contributed by atoms with van der Waals surface area (Å²) in [5, 5.41) is 2.88. The van der Waals surface area contributed by atoms with Gasteiger partial charge < -0.3 is 19.7 Å². The maximum Gasteiger partial charge on any atom is 0.253 e. The van der Waals surface area contributed by atoms with Gasteiger partial charge in [0, 0.05) is 50.4 Å². The molecule has 2 amide bonds. The number of hydrogen-bond acceptors (Lipinski definition) is 5. The summed E-state index contributed by atoms with van der Waals surface area (Å²) in [7, 11) is 0. The Bertz CT molecular complexity index is 921. The van der Waals surface area contributed by atoms with Gasteiger partial charge >= 0.3 is 0 Å². The van der Waals surface area contributed by atoms with Crippen molar-refractivity contribution in [3.05, 3.63) is 53.6 Å². The molecule has 2 heterocycles. The van der Waals surface area contributed by atoms with Crippen molar-refractivity contribution in [2.24, 2.45) is 0 Å². The molecule has 0 unspecified atom stereocenters. The monoisotopic (exact) mass is 423 g/mol. The van der Waals surface area contributed by atoms with Crippen molar-refractivity contribution in [3.8, 4) is 11.5 Å². The minimum atomic E-state index is 0.0134. The molecule has 0 bridgehead atoms. The molecule has 164 valence electrons. The molecule has 31 heavy (non-hydrogen) atoms. The quantitative estimate of drug-likeness (QED) is 0.738. The van der Waals surface area contributed by atoms with Gasteiger partial charge in [0.25, 0.3) is 5.91 Å². The summed E-state index contributed by atoms with van der Waals surface area (Å²) in [6.07, 6.45) is 2.39. The molecule has 1 N–H and O–H groups in total. The average molecular weight is 424 g/mol. The Hall–Kier alpha value is -3.06. The number of nitrogens with one attached hydrogen (secondary N) is 1. The largest absolute Gasteiger partial charge is 0.454 e. The lowest BCUT2D eigenvalue weighted by molar-refractivity contribution is -0.116. The van der Waals surface area contributed by atoms with E-state index in [-0.39, 0.29) is 18.6 Å². The Morgan fingerprint density at radius 2 is 1.71 bits per heavy atom. The number of rotatable bonds is 7. The van der Waals surface area contributed by atoms with Crippen LogP contribution in [0.2, 0.25) is 0 Å². The van der Waals surface area contributed by atoms with E-state index in [2.05, 4.69) is 23.2 Å². The molecule has 0 radical (unpaired) electrons. The van der Waals surface area contributed by atoms with Crippen molar-refractivity contribution in [1.82, 2.24) is 9.80 Å². The summed E-state index contributed by atoms with van der Waals surface area (Å²) in [5.41, 5.74) is 2.56. The number of carbonyl (C=O) groups excluding carboxylic acids is 2. The fraction of sp³-hybridized carbons (Fsp3) is 0.417. The van der Waals surface area contributed by atoms with Gasteiger partial charge in [0.1, 0.15) is 0 Å². The van der Waals surface area contributed by atoms with Crippen LogP contribution in [0.1, 0.15) is 42.1 Å². The fourth-order valence-electron chi connectivity index (χ4n) is 3.85. The van der Waals surface area contributed by atoms with Crippen molar-refractivity contribution in [1.29, 1.82) is 0 Å². The number of piperazine rings is 1. The molecule has 7 nitrogen and oxygen atoms in total. The second kappa shape index (κ2) is 9.83. The molecule has 1 saturated heterocycles. The topological polar surface area (TPSA) is 71.1 Å². The number of hydrogen-bond donors (Lipinski definition) is 1. The van der Waals surface area contributed by atoms with E-state index in [0.29, 0.717) is 25.1 Å². The van der Waals surface area contributed by atoms with Crippen LogP contribution in [-0.4, -0.2) is 54.6 Å². The van der Waals surface area contributed by atoms with E-state index in [0.717, 1.165) is 49.7 Å². The average Bonchev–Trinajstić information content (AvgIpc) is 3.26. The van der Waals surface area contributed by atoms with Crippen LogP contribution >= 0.6 is 0 Å². The number of amides is 2. The molecule has 0 aromatic heterocycles. The van der Waals surface area contributed by atoms with E-state index >= 15 is 0 Å². The lowest BCUT2D eigenvalue weighted by Crippen LogP contribution is -2.48. The Morgan fingerprint density at radius 3 is 2.45 bits per heavy atom. The molecular formula is C24H29N3O4. The van der Waals surface area contributed by atoms with Gasteiger partial charge in [0.05, 0.1) is 0 Å². The predicted molar refractivity (Wildman–Crippen MR) is 118 cm³/mol. The van der Waals surface area contributed by atoms with Gasteiger partial charge in [-0.05, 0) is 48.4 Å². The van der Waals surface area contributed by atoms with Gasteiger partial charge in [0.2, 0.25) is 12.7 Å². The molecule has 7 heteroatoms. The Kier molecular flexibility index (Phi) is 6.72. The highest BCUT2D eigenvalue weighted by molar-refractivity contribution is 5.95. The minimum Gasteiger partial charge on any atom is -0.454 e. The van der Waals surface area contributed by atoms with Crippen LogP contribution in [0.15, 0.2) is 42.5 Å². The number of anilines is 1. The molecule has 2 aliphatic heterocycles. The number of ether oxygens (including phenoxy) is 2. The number of fused-ring (bicyclic) bond motifs is 1. The van der Waals surface area contributed by atoms with Gasteiger partial charge in [-0.15, -0.1) is 0 Å². The number of nitrogens with zero attached hydrogens (tertiary/aromatic N) is 2. The highest BCUT2D eigenvalue weighted by atomic mass is 16.7. The number of carbonyl (C=O) groups is 2. The third-order valence-corrected chi connectivity index (χ3v) is 5.68. The normalized spacial score (nSPS) is 15.7. The second-order valence-corrected chi connectivity index (χ2v) is 7.99. The Labute approximate surface area is 182 Å². The first-order chi connectivity index (χ1) is 15.1. The third kappa shape index (κ3) is 5.35. The zero-order chi connectivity index (χ0) is 21.6. The summed E-state index contributed by atoms with van der Waals surface area (Å²) >= 11 is 0. The summed E-state index contributed by atoms with van der Waals surface area (Å²) in [4.78, 5) is 28.9. The lowest BCUT2D eigenvalue weighted by Gasteiger charge is -2.34. The van der Waals surface area contributed by atoms with Crippen LogP contribution in [0.25, 0.3) is 0 Å². The van der Waals surface area contributed by atoms with Crippen LogP contribution < -0.4 is 14.8 Å². The first kappa shape index (κ1) is 21.2. The molecule has 4 rings (SSSR count). The predicted octanol–water partition coefficient (Wildman–Crippen LogP) is 3.50. The number of unbranched alkanes of at least 4 members (excludes halogenated alkanes) is 1. The van der Waals surface area contributed by atoms with Gasteiger partial charge in [-0.25, -0.2) is 0 Å². The van der Waals surface area contributed by atoms with Crippen LogP contribution in [-0.2, 0) is 11.3 Å². The summed E-state index contributed by atoms with van der Waals surface area (Å²) < 4.78 is 10.8. The van der Waals surface area contributed by atoms with Gasteiger partial charge in [0.15, 0.2) is 11.5 Å². The maximum absolute atomic E-state index is 12.9. The molecule has 0 saturated carbocycles.